The molecule has 1 aliphatic rings. The number of anilines is 2. The zero-order valence-corrected chi connectivity index (χ0v) is 9.37. The van der Waals surface area contributed by atoms with Crippen molar-refractivity contribution in [1.82, 2.24) is 4.98 Å². The van der Waals surface area contributed by atoms with Crippen molar-refractivity contribution >= 4 is 23.1 Å². The average molecular weight is 228 g/mol. The Balaban J connectivity index is 2.18. The molecule has 2 heterocycles. The SMILES string of the molecule is C[C@@H]1CN(c2cc(N)c(Cl)cn2)CCO1. The molecule has 15 heavy (non-hydrogen) atoms. The van der Waals surface area contributed by atoms with Crippen molar-refractivity contribution in [3.05, 3.63) is 17.3 Å². The quantitative estimate of drug-likeness (QED) is 0.791. The molecule has 1 aliphatic heterocycles. The number of nitrogens with zero attached hydrogens (tertiary/aromatic N) is 2. The third-order valence-corrected chi connectivity index (χ3v) is 2.75. The van der Waals surface area contributed by atoms with E-state index in [1.54, 1.807) is 12.3 Å². The summed E-state index contributed by atoms with van der Waals surface area (Å²) in [6.45, 7) is 4.46. The Labute approximate surface area is 94.0 Å². The third kappa shape index (κ3) is 2.33. The fourth-order valence-corrected chi connectivity index (χ4v) is 1.75. The summed E-state index contributed by atoms with van der Waals surface area (Å²) < 4.78 is 5.46. The third-order valence-electron chi connectivity index (χ3n) is 2.44. The Bertz CT molecular complexity index is 359. The first-order chi connectivity index (χ1) is 7.16. The summed E-state index contributed by atoms with van der Waals surface area (Å²) in [5.41, 5.74) is 6.30. The minimum absolute atomic E-state index is 0.234. The molecule has 0 amide bonds. The summed E-state index contributed by atoms with van der Waals surface area (Å²) in [6.07, 6.45) is 1.82. The van der Waals surface area contributed by atoms with Gasteiger partial charge in [-0.15, -0.1) is 0 Å². The minimum Gasteiger partial charge on any atom is -0.397 e. The normalized spacial score (nSPS) is 21.7. The van der Waals surface area contributed by atoms with Gasteiger partial charge in [0.1, 0.15) is 5.82 Å². The maximum absolute atomic E-state index is 5.82. The van der Waals surface area contributed by atoms with Gasteiger partial charge in [-0.3, -0.25) is 0 Å². The van der Waals surface area contributed by atoms with E-state index < -0.39 is 0 Å². The smallest absolute Gasteiger partial charge is 0.130 e. The molecule has 1 fully saturated rings. The molecule has 0 aromatic carbocycles. The molecule has 0 aliphatic carbocycles. The van der Waals surface area contributed by atoms with E-state index in [0.717, 1.165) is 25.5 Å². The number of nitrogen functional groups attached to an aromatic ring is 1. The molecule has 0 saturated carbocycles. The number of ether oxygens (including phenoxy) is 1. The molecule has 82 valence electrons. The highest BCUT2D eigenvalue weighted by atomic mass is 35.5. The molecule has 4 nitrogen and oxygen atoms in total. The molecule has 2 N–H and O–H groups in total. The van der Waals surface area contributed by atoms with Gasteiger partial charge in [0.2, 0.25) is 0 Å². The second-order valence-electron chi connectivity index (χ2n) is 3.69. The van der Waals surface area contributed by atoms with Crippen LogP contribution in [0.4, 0.5) is 11.5 Å². The van der Waals surface area contributed by atoms with Gasteiger partial charge < -0.3 is 15.4 Å². The van der Waals surface area contributed by atoms with Crippen molar-refractivity contribution in [3.8, 4) is 0 Å². The standard InChI is InChI=1S/C10H14ClN3O/c1-7-6-14(2-3-15-7)10-4-9(12)8(11)5-13-10/h4-5,7H,2-3,6H2,1H3,(H2,12,13)/t7-/m1/s1. The maximum Gasteiger partial charge on any atom is 0.130 e. The van der Waals surface area contributed by atoms with Crippen molar-refractivity contribution in [2.75, 3.05) is 30.3 Å². The molecule has 0 unspecified atom stereocenters. The molecule has 1 aromatic rings. The molecule has 2 rings (SSSR count). The first-order valence-corrected chi connectivity index (χ1v) is 5.32. The van der Waals surface area contributed by atoms with Crippen LogP contribution >= 0.6 is 11.6 Å². The Morgan fingerprint density at radius 2 is 2.47 bits per heavy atom. The van der Waals surface area contributed by atoms with Crippen LogP contribution < -0.4 is 10.6 Å². The lowest BCUT2D eigenvalue weighted by Crippen LogP contribution is -2.41. The summed E-state index contributed by atoms with van der Waals surface area (Å²) in [5, 5.41) is 0.500. The fourth-order valence-electron chi connectivity index (χ4n) is 1.64. The van der Waals surface area contributed by atoms with Gasteiger partial charge in [-0.1, -0.05) is 11.6 Å². The van der Waals surface area contributed by atoms with Gasteiger partial charge in [0.05, 0.1) is 23.4 Å². The van der Waals surface area contributed by atoms with E-state index in [-0.39, 0.29) is 6.10 Å². The minimum atomic E-state index is 0.234. The molecule has 0 spiro atoms. The highest BCUT2D eigenvalue weighted by molar-refractivity contribution is 6.32. The van der Waals surface area contributed by atoms with E-state index in [4.69, 9.17) is 22.1 Å². The number of hydrogen-bond donors (Lipinski definition) is 1. The summed E-state index contributed by atoms with van der Waals surface area (Å²) in [6, 6.07) is 1.81. The predicted octanol–water partition coefficient (Wildman–Crippen LogP) is 1.54. The zero-order chi connectivity index (χ0) is 10.8. The highest BCUT2D eigenvalue weighted by Gasteiger charge is 2.18. The Morgan fingerprint density at radius 1 is 1.67 bits per heavy atom. The zero-order valence-electron chi connectivity index (χ0n) is 8.61. The van der Waals surface area contributed by atoms with Gasteiger partial charge in [0.25, 0.3) is 0 Å². The van der Waals surface area contributed by atoms with Gasteiger partial charge in [0, 0.05) is 25.4 Å². The van der Waals surface area contributed by atoms with E-state index in [1.165, 1.54) is 0 Å². The van der Waals surface area contributed by atoms with Crippen molar-refractivity contribution in [2.45, 2.75) is 13.0 Å². The van der Waals surface area contributed by atoms with Gasteiger partial charge in [-0.2, -0.15) is 0 Å². The van der Waals surface area contributed by atoms with Crippen LogP contribution in [0, 0.1) is 0 Å². The van der Waals surface area contributed by atoms with Crippen LogP contribution in [0.25, 0.3) is 0 Å². The van der Waals surface area contributed by atoms with E-state index in [9.17, 15) is 0 Å². The summed E-state index contributed by atoms with van der Waals surface area (Å²) in [7, 11) is 0. The average Bonchev–Trinajstić information content (AvgIpc) is 2.22. The second kappa shape index (κ2) is 4.24. The van der Waals surface area contributed by atoms with E-state index in [1.807, 2.05) is 6.92 Å². The Morgan fingerprint density at radius 3 is 3.13 bits per heavy atom. The van der Waals surface area contributed by atoms with Crippen LogP contribution in [0.15, 0.2) is 12.3 Å². The topological polar surface area (TPSA) is 51.4 Å². The number of halogens is 1. The van der Waals surface area contributed by atoms with E-state index >= 15 is 0 Å². The number of rotatable bonds is 1. The number of hydrogen-bond acceptors (Lipinski definition) is 4. The first-order valence-electron chi connectivity index (χ1n) is 4.94. The summed E-state index contributed by atoms with van der Waals surface area (Å²) in [4.78, 5) is 6.41. The van der Waals surface area contributed by atoms with Crippen LogP contribution in [-0.4, -0.2) is 30.8 Å². The van der Waals surface area contributed by atoms with Gasteiger partial charge in [-0.05, 0) is 6.92 Å². The van der Waals surface area contributed by atoms with Gasteiger partial charge in [-0.25, -0.2) is 4.98 Å². The second-order valence-corrected chi connectivity index (χ2v) is 4.10. The lowest BCUT2D eigenvalue weighted by Gasteiger charge is -2.32. The Hall–Kier alpha value is -1.00. The van der Waals surface area contributed by atoms with Crippen LogP contribution in [0.3, 0.4) is 0 Å². The van der Waals surface area contributed by atoms with Gasteiger partial charge in [0.15, 0.2) is 0 Å². The monoisotopic (exact) mass is 227 g/mol. The highest BCUT2D eigenvalue weighted by Crippen LogP contribution is 2.23. The first kappa shape index (κ1) is 10.5. The maximum atomic E-state index is 5.82. The number of aromatic nitrogens is 1. The van der Waals surface area contributed by atoms with Gasteiger partial charge >= 0.3 is 0 Å². The predicted molar refractivity (Wildman–Crippen MR) is 61.3 cm³/mol. The molecule has 1 saturated heterocycles. The summed E-state index contributed by atoms with van der Waals surface area (Å²) >= 11 is 5.82. The molecule has 0 bridgehead atoms. The molecule has 1 aromatic heterocycles. The molecular formula is C10H14ClN3O. The van der Waals surface area contributed by atoms with Crippen LogP contribution in [0.5, 0.6) is 0 Å². The number of morpholine rings is 1. The fraction of sp³-hybridized carbons (Fsp3) is 0.500. The molecular weight excluding hydrogens is 214 g/mol. The van der Waals surface area contributed by atoms with Crippen molar-refractivity contribution in [3.63, 3.8) is 0 Å². The largest absolute Gasteiger partial charge is 0.397 e. The van der Waals surface area contributed by atoms with Crippen LogP contribution in [0.1, 0.15) is 6.92 Å². The van der Waals surface area contributed by atoms with Crippen molar-refractivity contribution < 1.29 is 4.74 Å². The summed E-state index contributed by atoms with van der Waals surface area (Å²) in [5.74, 6) is 0.868. The lowest BCUT2D eigenvalue weighted by molar-refractivity contribution is 0.0529. The van der Waals surface area contributed by atoms with Crippen LogP contribution in [0.2, 0.25) is 5.02 Å². The number of pyridine rings is 1. The van der Waals surface area contributed by atoms with Crippen molar-refractivity contribution in [1.29, 1.82) is 0 Å². The lowest BCUT2D eigenvalue weighted by atomic mass is 10.3. The molecule has 0 radical (unpaired) electrons. The van der Waals surface area contributed by atoms with Crippen LogP contribution in [-0.2, 0) is 4.74 Å². The number of nitrogens with two attached hydrogens (primary N) is 1. The van der Waals surface area contributed by atoms with E-state index in [0.29, 0.717) is 10.7 Å². The van der Waals surface area contributed by atoms with Crippen molar-refractivity contribution in [2.24, 2.45) is 0 Å². The molecule has 5 heteroatoms. The Kier molecular flexibility index (Phi) is 2.98. The van der Waals surface area contributed by atoms with E-state index in [2.05, 4.69) is 9.88 Å². The molecule has 1 atom stereocenters.